The van der Waals surface area contributed by atoms with Gasteiger partial charge in [0.25, 0.3) is 0 Å². The van der Waals surface area contributed by atoms with Gasteiger partial charge >= 0.3 is 5.97 Å². The molecule has 4 heteroatoms. The molecule has 2 rings (SSSR count). The van der Waals surface area contributed by atoms with Crippen LogP contribution in [-0.4, -0.2) is 17.8 Å². The van der Waals surface area contributed by atoms with E-state index in [1.54, 1.807) is 12.1 Å². The Morgan fingerprint density at radius 1 is 1.27 bits per heavy atom. The third kappa shape index (κ3) is 1.93. The summed E-state index contributed by atoms with van der Waals surface area (Å²) in [7, 11) is 0. The number of para-hydroxylation sites is 1. The van der Waals surface area contributed by atoms with E-state index in [1.807, 2.05) is 18.2 Å². The molecule has 15 heavy (non-hydrogen) atoms. The van der Waals surface area contributed by atoms with E-state index in [2.05, 4.69) is 9.72 Å². The summed E-state index contributed by atoms with van der Waals surface area (Å²) in [5, 5.41) is 0.925. The lowest BCUT2D eigenvalue weighted by Gasteiger charge is -2.01. The summed E-state index contributed by atoms with van der Waals surface area (Å²) in [6.45, 7) is -1.13. The van der Waals surface area contributed by atoms with E-state index in [0.29, 0.717) is 5.52 Å². The number of pyridine rings is 1. The van der Waals surface area contributed by atoms with E-state index < -0.39 is 12.8 Å². The molecule has 76 valence electrons. The van der Waals surface area contributed by atoms with Crippen LogP contribution in [0, 0.1) is 0 Å². The van der Waals surface area contributed by atoms with E-state index in [1.165, 1.54) is 6.07 Å². The van der Waals surface area contributed by atoms with Gasteiger partial charge in [-0.1, -0.05) is 24.3 Å². The first kappa shape index (κ1) is 9.58. The van der Waals surface area contributed by atoms with Crippen molar-refractivity contribution in [3.05, 3.63) is 42.1 Å². The Kier molecular flexibility index (Phi) is 2.58. The number of aromatic nitrogens is 1. The van der Waals surface area contributed by atoms with Crippen molar-refractivity contribution in [3.63, 3.8) is 0 Å². The molecule has 3 nitrogen and oxygen atoms in total. The molecule has 1 aromatic heterocycles. The molecular weight excluding hydrogens is 197 g/mol. The quantitative estimate of drug-likeness (QED) is 0.706. The van der Waals surface area contributed by atoms with Crippen LogP contribution in [0.2, 0.25) is 0 Å². The molecule has 0 aliphatic heterocycles. The number of esters is 1. The molecule has 0 aliphatic carbocycles. The number of carbonyl (C=O) groups is 1. The predicted molar refractivity (Wildman–Crippen MR) is 53.1 cm³/mol. The number of nitrogens with zero attached hydrogens (tertiary/aromatic N) is 1. The molecule has 0 N–H and O–H groups in total. The first-order chi connectivity index (χ1) is 7.31. The van der Waals surface area contributed by atoms with Gasteiger partial charge in [0, 0.05) is 5.39 Å². The molecule has 0 fully saturated rings. The first-order valence-corrected chi connectivity index (χ1v) is 4.40. The standard InChI is InChI=1S/C11H8FNO2/c12-7-15-11(14)10-6-5-8-3-1-2-4-9(8)13-10/h1-6H,7H2. The van der Waals surface area contributed by atoms with Crippen molar-refractivity contribution in [3.8, 4) is 0 Å². The smallest absolute Gasteiger partial charge is 0.359 e. The molecule has 1 aromatic carbocycles. The lowest BCUT2D eigenvalue weighted by atomic mass is 10.2. The molecule has 2 aromatic rings. The molecule has 0 radical (unpaired) electrons. The van der Waals surface area contributed by atoms with E-state index in [0.717, 1.165) is 5.39 Å². The lowest BCUT2D eigenvalue weighted by Crippen LogP contribution is -2.06. The van der Waals surface area contributed by atoms with Crippen LogP contribution >= 0.6 is 0 Å². The van der Waals surface area contributed by atoms with Crippen LogP contribution in [0.15, 0.2) is 36.4 Å². The molecule has 0 atom stereocenters. The number of ether oxygens (including phenoxy) is 1. The van der Waals surface area contributed by atoms with Gasteiger partial charge in [0.1, 0.15) is 5.69 Å². The second-order valence-corrected chi connectivity index (χ2v) is 2.93. The monoisotopic (exact) mass is 205 g/mol. The Morgan fingerprint density at radius 3 is 2.87 bits per heavy atom. The number of carbonyl (C=O) groups excluding carboxylic acids is 1. The van der Waals surface area contributed by atoms with Gasteiger partial charge in [0.2, 0.25) is 6.86 Å². The highest BCUT2D eigenvalue weighted by Crippen LogP contribution is 2.12. The maximum Gasteiger partial charge on any atom is 0.359 e. The van der Waals surface area contributed by atoms with Gasteiger partial charge in [0.15, 0.2) is 0 Å². The second kappa shape index (κ2) is 4.04. The number of fused-ring (bicyclic) bond motifs is 1. The molecule has 1 heterocycles. The van der Waals surface area contributed by atoms with Gasteiger partial charge in [0.05, 0.1) is 5.52 Å². The van der Waals surface area contributed by atoms with Gasteiger partial charge in [-0.05, 0) is 12.1 Å². The fraction of sp³-hybridized carbons (Fsp3) is 0.0909. The third-order valence-electron chi connectivity index (χ3n) is 1.99. The normalized spacial score (nSPS) is 10.2. The van der Waals surface area contributed by atoms with Gasteiger partial charge in [-0.2, -0.15) is 0 Å². The van der Waals surface area contributed by atoms with Crippen molar-refractivity contribution in [1.82, 2.24) is 4.98 Å². The summed E-state index contributed by atoms with van der Waals surface area (Å²) < 4.78 is 16.0. The third-order valence-corrected chi connectivity index (χ3v) is 1.99. The minimum Gasteiger partial charge on any atom is -0.429 e. The summed E-state index contributed by atoms with van der Waals surface area (Å²) in [5.41, 5.74) is 0.803. The number of benzene rings is 1. The number of hydrogen-bond donors (Lipinski definition) is 0. The minimum atomic E-state index is -1.13. The lowest BCUT2D eigenvalue weighted by molar-refractivity contribution is 0.0318. The Bertz CT molecular complexity index is 499. The molecule has 0 amide bonds. The van der Waals surface area contributed by atoms with Crippen LogP contribution in [0.3, 0.4) is 0 Å². The summed E-state index contributed by atoms with van der Waals surface area (Å²) >= 11 is 0. The number of halogens is 1. The second-order valence-electron chi connectivity index (χ2n) is 2.93. The van der Waals surface area contributed by atoms with Gasteiger partial charge in [-0.15, -0.1) is 0 Å². The summed E-state index contributed by atoms with van der Waals surface area (Å²) in [4.78, 5) is 15.2. The fourth-order valence-electron chi connectivity index (χ4n) is 1.30. The average Bonchev–Trinajstić information content (AvgIpc) is 2.29. The van der Waals surface area contributed by atoms with E-state index in [9.17, 15) is 9.18 Å². The van der Waals surface area contributed by atoms with Crippen molar-refractivity contribution in [2.24, 2.45) is 0 Å². The Labute approximate surface area is 85.5 Å². The Morgan fingerprint density at radius 2 is 2.07 bits per heavy atom. The fourth-order valence-corrected chi connectivity index (χ4v) is 1.30. The number of rotatable bonds is 2. The van der Waals surface area contributed by atoms with Gasteiger partial charge in [-0.3, -0.25) is 0 Å². The molecule has 0 saturated carbocycles. The summed E-state index contributed by atoms with van der Waals surface area (Å²) in [6, 6.07) is 10.6. The molecule has 0 spiro atoms. The van der Waals surface area contributed by atoms with Crippen molar-refractivity contribution in [2.45, 2.75) is 0 Å². The largest absolute Gasteiger partial charge is 0.429 e. The average molecular weight is 205 g/mol. The molecule has 0 aliphatic rings. The van der Waals surface area contributed by atoms with Gasteiger partial charge < -0.3 is 4.74 Å². The van der Waals surface area contributed by atoms with E-state index >= 15 is 0 Å². The highest BCUT2D eigenvalue weighted by molar-refractivity contribution is 5.90. The van der Waals surface area contributed by atoms with Crippen LogP contribution in [0.25, 0.3) is 10.9 Å². The molecular formula is C11H8FNO2. The Hall–Kier alpha value is -1.97. The van der Waals surface area contributed by atoms with Crippen LogP contribution in [0.4, 0.5) is 4.39 Å². The number of alkyl halides is 1. The van der Waals surface area contributed by atoms with Crippen LogP contribution in [0.5, 0.6) is 0 Å². The van der Waals surface area contributed by atoms with Gasteiger partial charge in [-0.25, -0.2) is 14.2 Å². The maximum absolute atomic E-state index is 11.8. The molecule has 0 saturated heterocycles. The topological polar surface area (TPSA) is 39.2 Å². The van der Waals surface area contributed by atoms with E-state index in [-0.39, 0.29) is 5.69 Å². The van der Waals surface area contributed by atoms with Crippen molar-refractivity contribution < 1.29 is 13.9 Å². The zero-order chi connectivity index (χ0) is 10.7. The van der Waals surface area contributed by atoms with Crippen molar-refractivity contribution in [2.75, 3.05) is 6.86 Å². The zero-order valence-electron chi connectivity index (χ0n) is 7.81. The summed E-state index contributed by atoms with van der Waals surface area (Å²) in [6.07, 6.45) is 0. The molecule has 0 unspecified atom stereocenters. The van der Waals surface area contributed by atoms with Crippen molar-refractivity contribution >= 4 is 16.9 Å². The van der Waals surface area contributed by atoms with Crippen molar-refractivity contribution in [1.29, 1.82) is 0 Å². The minimum absolute atomic E-state index is 0.117. The SMILES string of the molecule is O=C(OCF)c1ccc2ccccc2n1. The summed E-state index contributed by atoms with van der Waals surface area (Å²) in [5.74, 6) is -0.747. The first-order valence-electron chi connectivity index (χ1n) is 4.40. The highest BCUT2D eigenvalue weighted by atomic mass is 19.1. The number of hydrogen-bond acceptors (Lipinski definition) is 3. The highest BCUT2D eigenvalue weighted by Gasteiger charge is 2.08. The zero-order valence-corrected chi connectivity index (χ0v) is 7.81. The maximum atomic E-state index is 11.8. The Balaban J connectivity index is 2.42. The predicted octanol–water partition coefficient (Wildman–Crippen LogP) is 2.32. The van der Waals surface area contributed by atoms with Crippen LogP contribution in [0.1, 0.15) is 10.5 Å². The van der Waals surface area contributed by atoms with Crippen LogP contribution in [-0.2, 0) is 4.74 Å². The van der Waals surface area contributed by atoms with E-state index in [4.69, 9.17) is 0 Å². The molecule has 0 bridgehead atoms. The van der Waals surface area contributed by atoms with Crippen LogP contribution < -0.4 is 0 Å².